The van der Waals surface area contributed by atoms with E-state index in [-0.39, 0.29) is 30.8 Å². The van der Waals surface area contributed by atoms with E-state index >= 15 is 0 Å². The minimum Gasteiger partial charge on any atom is -0.497 e. The van der Waals surface area contributed by atoms with Crippen LogP contribution in [0.4, 0.5) is 4.79 Å². The standard InChI is InChI=1S/C25H29N3O5/c1-32-20-9-7-18(8-10-20)13-14-28-24(30)21(26-25(28)31)11-12-23(29)27-15-16-33-22(17-27)19-5-3-2-4-6-19/h2-10,21-22H,11-17H2,1H3,(H,26,31)/t21-,22?/m0/s1. The third-order valence-corrected chi connectivity index (χ3v) is 6.13. The largest absolute Gasteiger partial charge is 0.497 e. The molecule has 2 aromatic carbocycles. The summed E-state index contributed by atoms with van der Waals surface area (Å²) in [6.07, 6.45) is 0.897. The number of rotatable bonds is 8. The van der Waals surface area contributed by atoms with E-state index < -0.39 is 12.1 Å². The molecule has 2 saturated heterocycles. The quantitative estimate of drug-likeness (QED) is 0.623. The lowest BCUT2D eigenvalue weighted by Gasteiger charge is -2.33. The number of imide groups is 1. The number of methoxy groups -OCH3 is 1. The Kier molecular flexibility index (Phi) is 7.24. The first-order valence-corrected chi connectivity index (χ1v) is 11.2. The minimum atomic E-state index is -0.664. The zero-order chi connectivity index (χ0) is 23.2. The van der Waals surface area contributed by atoms with Crippen molar-refractivity contribution < 1.29 is 23.9 Å². The lowest BCUT2D eigenvalue weighted by molar-refractivity contribution is -0.139. The number of nitrogens with one attached hydrogen (secondary N) is 1. The van der Waals surface area contributed by atoms with Crippen LogP contribution in [0, 0.1) is 0 Å². The van der Waals surface area contributed by atoms with Gasteiger partial charge < -0.3 is 19.7 Å². The van der Waals surface area contributed by atoms with Crippen LogP contribution in [-0.4, -0.2) is 67.0 Å². The van der Waals surface area contributed by atoms with Crippen molar-refractivity contribution in [3.8, 4) is 5.75 Å². The van der Waals surface area contributed by atoms with E-state index in [4.69, 9.17) is 9.47 Å². The number of carbonyl (C=O) groups is 3. The molecule has 0 aromatic heterocycles. The Labute approximate surface area is 193 Å². The monoisotopic (exact) mass is 451 g/mol. The van der Waals surface area contributed by atoms with Gasteiger partial charge in [0.2, 0.25) is 5.91 Å². The lowest BCUT2D eigenvalue weighted by Crippen LogP contribution is -2.43. The molecular weight excluding hydrogens is 422 g/mol. The summed E-state index contributed by atoms with van der Waals surface area (Å²) in [5, 5.41) is 2.72. The number of hydrogen-bond acceptors (Lipinski definition) is 5. The maximum Gasteiger partial charge on any atom is 0.324 e. The van der Waals surface area contributed by atoms with Crippen LogP contribution in [-0.2, 0) is 20.7 Å². The summed E-state index contributed by atoms with van der Waals surface area (Å²) in [5.74, 6) is 0.456. The third-order valence-electron chi connectivity index (χ3n) is 6.13. The second-order valence-electron chi connectivity index (χ2n) is 8.24. The molecule has 0 bridgehead atoms. The number of amides is 4. The van der Waals surface area contributed by atoms with Crippen LogP contribution in [0.2, 0.25) is 0 Å². The summed E-state index contributed by atoms with van der Waals surface area (Å²) in [6.45, 7) is 1.79. The van der Waals surface area contributed by atoms with Crippen molar-refractivity contribution in [3.05, 3.63) is 65.7 Å². The molecule has 1 N–H and O–H groups in total. The number of hydrogen-bond donors (Lipinski definition) is 1. The van der Waals surface area contributed by atoms with Gasteiger partial charge in [-0.2, -0.15) is 0 Å². The summed E-state index contributed by atoms with van der Waals surface area (Å²) < 4.78 is 11.0. The molecule has 1 unspecified atom stereocenters. The zero-order valence-corrected chi connectivity index (χ0v) is 18.7. The minimum absolute atomic E-state index is 0.0297. The van der Waals surface area contributed by atoms with Gasteiger partial charge in [0.25, 0.3) is 5.91 Å². The molecule has 4 rings (SSSR count). The van der Waals surface area contributed by atoms with Gasteiger partial charge in [-0.15, -0.1) is 0 Å². The molecule has 2 atom stereocenters. The number of ether oxygens (including phenoxy) is 2. The van der Waals surface area contributed by atoms with Gasteiger partial charge in [-0.05, 0) is 36.1 Å². The highest BCUT2D eigenvalue weighted by Crippen LogP contribution is 2.23. The van der Waals surface area contributed by atoms with Crippen LogP contribution in [0.3, 0.4) is 0 Å². The molecule has 2 aromatic rings. The molecule has 0 aliphatic carbocycles. The first-order valence-electron chi connectivity index (χ1n) is 11.2. The second-order valence-corrected chi connectivity index (χ2v) is 8.24. The molecule has 2 aliphatic heterocycles. The van der Waals surface area contributed by atoms with Crippen LogP contribution >= 0.6 is 0 Å². The van der Waals surface area contributed by atoms with Crippen molar-refractivity contribution in [1.29, 1.82) is 0 Å². The van der Waals surface area contributed by atoms with Gasteiger partial charge in [0.1, 0.15) is 17.9 Å². The topological polar surface area (TPSA) is 88.2 Å². The van der Waals surface area contributed by atoms with Crippen molar-refractivity contribution in [2.75, 3.05) is 33.4 Å². The van der Waals surface area contributed by atoms with Crippen molar-refractivity contribution in [3.63, 3.8) is 0 Å². The van der Waals surface area contributed by atoms with Gasteiger partial charge in [-0.3, -0.25) is 14.5 Å². The summed E-state index contributed by atoms with van der Waals surface area (Å²) >= 11 is 0. The number of carbonyl (C=O) groups excluding carboxylic acids is 3. The summed E-state index contributed by atoms with van der Waals surface area (Å²) in [4.78, 5) is 40.9. The highest BCUT2D eigenvalue weighted by atomic mass is 16.5. The van der Waals surface area contributed by atoms with Crippen LogP contribution < -0.4 is 10.1 Å². The molecule has 4 amide bonds. The molecular formula is C25H29N3O5. The van der Waals surface area contributed by atoms with E-state index in [1.807, 2.05) is 54.6 Å². The summed E-state index contributed by atoms with van der Waals surface area (Å²) in [7, 11) is 1.60. The number of benzene rings is 2. The Morgan fingerprint density at radius 1 is 1.12 bits per heavy atom. The number of nitrogens with zero attached hydrogens (tertiary/aromatic N) is 2. The first-order chi connectivity index (χ1) is 16.0. The molecule has 33 heavy (non-hydrogen) atoms. The van der Waals surface area contributed by atoms with Gasteiger partial charge in [0, 0.05) is 19.5 Å². The Morgan fingerprint density at radius 3 is 2.61 bits per heavy atom. The average Bonchev–Trinajstić information content (AvgIpc) is 3.14. The Morgan fingerprint density at radius 2 is 1.88 bits per heavy atom. The van der Waals surface area contributed by atoms with E-state index in [1.165, 1.54) is 4.90 Å². The van der Waals surface area contributed by atoms with Crippen molar-refractivity contribution in [1.82, 2.24) is 15.1 Å². The van der Waals surface area contributed by atoms with Gasteiger partial charge in [-0.1, -0.05) is 42.5 Å². The molecule has 2 heterocycles. The fourth-order valence-electron chi connectivity index (χ4n) is 4.19. The van der Waals surface area contributed by atoms with E-state index in [2.05, 4.69) is 5.32 Å². The SMILES string of the molecule is COc1ccc(CCN2C(=O)N[C@@H](CCC(=O)N3CCOC(c4ccccc4)C3)C2=O)cc1. The number of urea groups is 1. The summed E-state index contributed by atoms with van der Waals surface area (Å²) in [6, 6.07) is 16.3. The Bertz CT molecular complexity index is 979. The molecule has 2 fully saturated rings. The molecule has 0 radical (unpaired) electrons. The van der Waals surface area contributed by atoms with E-state index in [9.17, 15) is 14.4 Å². The molecule has 8 heteroatoms. The molecule has 8 nitrogen and oxygen atoms in total. The fraction of sp³-hybridized carbons (Fsp3) is 0.400. The van der Waals surface area contributed by atoms with Gasteiger partial charge in [0.05, 0.1) is 20.3 Å². The van der Waals surface area contributed by atoms with Crippen molar-refractivity contribution >= 4 is 17.8 Å². The Hall–Kier alpha value is -3.39. The van der Waals surface area contributed by atoms with Crippen LogP contribution in [0.25, 0.3) is 0 Å². The molecule has 0 saturated carbocycles. The normalized spacial score (nSPS) is 20.6. The van der Waals surface area contributed by atoms with E-state index in [0.29, 0.717) is 32.7 Å². The maximum atomic E-state index is 12.8. The van der Waals surface area contributed by atoms with Gasteiger partial charge in [0.15, 0.2) is 0 Å². The number of morpholine rings is 1. The van der Waals surface area contributed by atoms with Crippen molar-refractivity contribution in [2.24, 2.45) is 0 Å². The van der Waals surface area contributed by atoms with Crippen LogP contribution in [0.15, 0.2) is 54.6 Å². The molecule has 174 valence electrons. The van der Waals surface area contributed by atoms with Crippen LogP contribution in [0.1, 0.15) is 30.1 Å². The predicted molar refractivity (Wildman–Crippen MR) is 122 cm³/mol. The van der Waals surface area contributed by atoms with Gasteiger partial charge >= 0.3 is 6.03 Å². The predicted octanol–water partition coefficient (Wildman–Crippen LogP) is 2.54. The molecule has 0 spiro atoms. The second kappa shape index (κ2) is 10.5. The van der Waals surface area contributed by atoms with E-state index in [1.54, 1.807) is 12.0 Å². The Balaban J connectivity index is 1.26. The van der Waals surface area contributed by atoms with Gasteiger partial charge in [-0.25, -0.2) is 4.79 Å². The summed E-state index contributed by atoms with van der Waals surface area (Å²) in [5.41, 5.74) is 2.05. The third kappa shape index (κ3) is 5.51. The van der Waals surface area contributed by atoms with Crippen molar-refractivity contribution in [2.45, 2.75) is 31.4 Å². The fourth-order valence-corrected chi connectivity index (χ4v) is 4.19. The van der Waals surface area contributed by atoms with Crippen LogP contribution in [0.5, 0.6) is 5.75 Å². The lowest BCUT2D eigenvalue weighted by atomic mass is 10.1. The molecule has 2 aliphatic rings. The zero-order valence-electron chi connectivity index (χ0n) is 18.7. The van der Waals surface area contributed by atoms with E-state index in [0.717, 1.165) is 16.9 Å². The highest BCUT2D eigenvalue weighted by Gasteiger charge is 2.38. The smallest absolute Gasteiger partial charge is 0.324 e. The average molecular weight is 452 g/mol. The highest BCUT2D eigenvalue weighted by molar-refractivity contribution is 6.04. The first kappa shape index (κ1) is 22.8. The maximum absolute atomic E-state index is 12.8.